The summed E-state index contributed by atoms with van der Waals surface area (Å²) in [5.41, 5.74) is 0.598. The summed E-state index contributed by atoms with van der Waals surface area (Å²) in [4.78, 5) is 35.6. The van der Waals surface area contributed by atoms with Gasteiger partial charge in [0, 0.05) is 17.7 Å². The Bertz CT molecular complexity index is 1040. The number of non-ortho nitro benzene ring substituents is 1. The summed E-state index contributed by atoms with van der Waals surface area (Å²) in [5, 5.41) is 16.2. The molecule has 0 spiro atoms. The first-order chi connectivity index (χ1) is 14.0. The van der Waals surface area contributed by atoms with Crippen LogP contribution >= 0.6 is 0 Å². The Balaban J connectivity index is 1.85. The number of nitrogens with one attached hydrogen (secondary N) is 2. The van der Waals surface area contributed by atoms with Crippen molar-refractivity contribution >= 4 is 23.6 Å². The SMILES string of the molecule is O=C(NCc1ccco1)/C(=C/c1cccc([N+](=O)[O-])c1)NC(=O)c1ccccc1. The van der Waals surface area contributed by atoms with Gasteiger partial charge in [-0.15, -0.1) is 0 Å². The largest absolute Gasteiger partial charge is 0.467 e. The molecule has 3 rings (SSSR count). The first kappa shape index (κ1) is 19.6. The number of benzene rings is 2. The maximum Gasteiger partial charge on any atom is 0.270 e. The third kappa shape index (κ3) is 5.39. The molecule has 2 N–H and O–H groups in total. The second-order valence-corrected chi connectivity index (χ2v) is 5.99. The number of furan rings is 1. The average Bonchev–Trinajstić information content (AvgIpc) is 3.26. The lowest BCUT2D eigenvalue weighted by molar-refractivity contribution is -0.384. The lowest BCUT2D eigenvalue weighted by Crippen LogP contribution is -2.34. The van der Waals surface area contributed by atoms with E-state index in [1.54, 1.807) is 48.5 Å². The molecular weight excluding hydrogens is 374 g/mol. The average molecular weight is 391 g/mol. The maximum absolute atomic E-state index is 12.7. The predicted octanol–water partition coefficient (Wildman–Crippen LogP) is 3.28. The van der Waals surface area contributed by atoms with Crippen LogP contribution in [0.2, 0.25) is 0 Å². The van der Waals surface area contributed by atoms with E-state index in [0.717, 1.165) is 0 Å². The van der Waals surface area contributed by atoms with Gasteiger partial charge in [-0.25, -0.2) is 0 Å². The number of nitro groups is 1. The molecule has 2 amide bonds. The molecule has 2 aromatic carbocycles. The van der Waals surface area contributed by atoms with Gasteiger partial charge in [0.15, 0.2) is 0 Å². The lowest BCUT2D eigenvalue weighted by atomic mass is 10.1. The van der Waals surface area contributed by atoms with Gasteiger partial charge >= 0.3 is 0 Å². The quantitative estimate of drug-likeness (QED) is 0.364. The standard InChI is InChI=1S/C21H17N3O5/c25-20(16-7-2-1-3-8-16)23-19(21(26)22-14-18-10-5-11-29-18)13-15-6-4-9-17(12-15)24(27)28/h1-13H,14H2,(H,22,26)(H,23,25)/b19-13-. The van der Waals surface area contributed by atoms with Gasteiger partial charge in [0.2, 0.25) is 0 Å². The summed E-state index contributed by atoms with van der Waals surface area (Å²) < 4.78 is 5.18. The first-order valence-corrected chi connectivity index (χ1v) is 8.66. The minimum Gasteiger partial charge on any atom is -0.467 e. The molecule has 29 heavy (non-hydrogen) atoms. The van der Waals surface area contributed by atoms with Crippen molar-refractivity contribution in [2.45, 2.75) is 6.54 Å². The minimum absolute atomic E-state index is 0.0501. The Hall–Kier alpha value is -4.20. The molecule has 8 heteroatoms. The molecular formula is C21H17N3O5. The van der Waals surface area contributed by atoms with Gasteiger partial charge in [-0.1, -0.05) is 30.3 Å². The molecule has 0 saturated heterocycles. The zero-order valence-corrected chi connectivity index (χ0v) is 15.2. The van der Waals surface area contributed by atoms with Crippen LogP contribution in [0.1, 0.15) is 21.7 Å². The Labute approximate surface area is 166 Å². The van der Waals surface area contributed by atoms with E-state index >= 15 is 0 Å². The van der Waals surface area contributed by atoms with Crippen LogP contribution in [0.25, 0.3) is 6.08 Å². The summed E-state index contributed by atoms with van der Waals surface area (Å²) in [7, 11) is 0. The molecule has 0 aliphatic rings. The maximum atomic E-state index is 12.7. The number of amides is 2. The van der Waals surface area contributed by atoms with Crippen molar-refractivity contribution in [2.75, 3.05) is 0 Å². The zero-order chi connectivity index (χ0) is 20.6. The smallest absolute Gasteiger partial charge is 0.270 e. The first-order valence-electron chi connectivity index (χ1n) is 8.66. The summed E-state index contributed by atoms with van der Waals surface area (Å²) in [5.74, 6) is -0.491. The van der Waals surface area contributed by atoms with Gasteiger partial charge in [-0.3, -0.25) is 19.7 Å². The van der Waals surface area contributed by atoms with Crippen LogP contribution < -0.4 is 10.6 Å². The number of carbonyl (C=O) groups excluding carboxylic acids is 2. The monoisotopic (exact) mass is 391 g/mol. The van der Waals surface area contributed by atoms with Crippen molar-refractivity contribution in [2.24, 2.45) is 0 Å². The molecule has 0 aliphatic heterocycles. The van der Waals surface area contributed by atoms with Gasteiger partial charge in [0.25, 0.3) is 17.5 Å². The van der Waals surface area contributed by atoms with E-state index in [0.29, 0.717) is 16.9 Å². The Kier molecular flexibility index (Phi) is 6.16. The highest BCUT2D eigenvalue weighted by Gasteiger charge is 2.15. The predicted molar refractivity (Wildman–Crippen MR) is 106 cm³/mol. The van der Waals surface area contributed by atoms with Crippen LogP contribution in [0.4, 0.5) is 5.69 Å². The van der Waals surface area contributed by atoms with Crippen molar-refractivity contribution in [1.82, 2.24) is 10.6 Å². The Morgan fingerprint density at radius 2 is 1.83 bits per heavy atom. The van der Waals surface area contributed by atoms with Crippen molar-refractivity contribution < 1.29 is 18.9 Å². The Morgan fingerprint density at radius 3 is 2.52 bits per heavy atom. The second-order valence-electron chi connectivity index (χ2n) is 5.99. The van der Waals surface area contributed by atoms with Crippen LogP contribution in [-0.4, -0.2) is 16.7 Å². The number of nitrogens with zero attached hydrogens (tertiary/aromatic N) is 1. The summed E-state index contributed by atoms with van der Waals surface area (Å²) in [6.07, 6.45) is 2.86. The summed E-state index contributed by atoms with van der Waals surface area (Å²) >= 11 is 0. The highest BCUT2D eigenvalue weighted by atomic mass is 16.6. The van der Waals surface area contributed by atoms with E-state index in [2.05, 4.69) is 10.6 Å². The van der Waals surface area contributed by atoms with Gasteiger partial charge in [0.05, 0.1) is 17.7 Å². The molecule has 0 radical (unpaired) electrons. The lowest BCUT2D eigenvalue weighted by Gasteiger charge is -2.11. The zero-order valence-electron chi connectivity index (χ0n) is 15.2. The molecule has 0 bridgehead atoms. The molecule has 1 heterocycles. The molecule has 0 atom stereocenters. The topological polar surface area (TPSA) is 114 Å². The van der Waals surface area contributed by atoms with Crippen molar-refractivity contribution in [3.05, 3.63) is 106 Å². The van der Waals surface area contributed by atoms with Crippen LogP contribution in [0.5, 0.6) is 0 Å². The molecule has 0 fully saturated rings. The fourth-order valence-corrected chi connectivity index (χ4v) is 2.51. The van der Waals surface area contributed by atoms with Crippen LogP contribution in [0, 0.1) is 10.1 Å². The summed E-state index contributed by atoms with van der Waals surface area (Å²) in [6.45, 7) is 0.124. The Morgan fingerprint density at radius 1 is 1.03 bits per heavy atom. The molecule has 3 aromatic rings. The third-order valence-electron chi connectivity index (χ3n) is 3.92. The number of hydrogen-bond acceptors (Lipinski definition) is 5. The molecule has 0 aliphatic carbocycles. The molecule has 1 aromatic heterocycles. The number of hydrogen-bond donors (Lipinski definition) is 2. The minimum atomic E-state index is -0.558. The van der Waals surface area contributed by atoms with E-state index in [-0.39, 0.29) is 17.9 Å². The van der Waals surface area contributed by atoms with E-state index < -0.39 is 16.7 Å². The highest BCUT2D eigenvalue weighted by Crippen LogP contribution is 2.16. The van der Waals surface area contributed by atoms with Crippen LogP contribution in [0.3, 0.4) is 0 Å². The van der Waals surface area contributed by atoms with Crippen molar-refractivity contribution in [3.63, 3.8) is 0 Å². The van der Waals surface area contributed by atoms with E-state index in [1.165, 1.54) is 30.5 Å². The molecule has 0 unspecified atom stereocenters. The van der Waals surface area contributed by atoms with Gasteiger partial charge < -0.3 is 15.1 Å². The highest BCUT2D eigenvalue weighted by molar-refractivity contribution is 6.05. The van der Waals surface area contributed by atoms with Crippen LogP contribution in [-0.2, 0) is 11.3 Å². The van der Waals surface area contributed by atoms with E-state index in [4.69, 9.17) is 4.42 Å². The van der Waals surface area contributed by atoms with Gasteiger partial charge in [-0.05, 0) is 35.9 Å². The van der Waals surface area contributed by atoms with Gasteiger partial charge in [0.1, 0.15) is 11.5 Å². The number of carbonyl (C=O) groups is 2. The van der Waals surface area contributed by atoms with Gasteiger partial charge in [-0.2, -0.15) is 0 Å². The number of rotatable bonds is 7. The normalized spacial score (nSPS) is 11.0. The molecule has 146 valence electrons. The second kappa shape index (κ2) is 9.14. The van der Waals surface area contributed by atoms with E-state index in [9.17, 15) is 19.7 Å². The summed E-state index contributed by atoms with van der Waals surface area (Å²) in [6, 6.07) is 17.6. The third-order valence-corrected chi connectivity index (χ3v) is 3.92. The van der Waals surface area contributed by atoms with E-state index in [1.807, 2.05) is 0 Å². The molecule has 8 nitrogen and oxygen atoms in total. The van der Waals surface area contributed by atoms with Crippen molar-refractivity contribution in [3.8, 4) is 0 Å². The fourth-order valence-electron chi connectivity index (χ4n) is 2.51. The van der Waals surface area contributed by atoms with Crippen LogP contribution in [0.15, 0.2) is 83.1 Å². The van der Waals surface area contributed by atoms with Crippen molar-refractivity contribution in [1.29, 1.82) is 0 Å². The number of nitro benzene ring substituents is 1. The molecule has 0 saturated carbocycles. The fraction of sp³-hybridized carbons (Fsp3) is 0.0476.